The van der Waals surface area contributed by atoms with Gasteiger partial charge < -0.3 is 14.5 Å². The normalized spacial score (nSPS) is 18.7. The Hall–Kier alpha value is -2.31. The number of anilines is 2. The van der Waals surface area contributed by atoms with Crippen molar-refractivity contribution in [3.63, 3.8) is 0 Å². The van der Waals surface area contributed by atoms with Gasteiger partial charge in [0.2, 0.25) is 27.9 Å². The van der Waals surface area contributed by atoms with Crippen molar-refractivity contribution in [3.05, 3.63) is 18.7 Å². The highest BCUT2D eigenvalue weighted by atomic mass is 32.2. The molecule has 0 spiro atoms. The minimum atomic E-state index is -3.20. The molecule has 0 saturated carbocycles. The number of aromatic nitrogens is 5. The molecule has 0 radical (unpaired) electrons. The average Bonchev–Trinajstić information content (AvgIpc) is 3.33. The number of hydrogen-bond acceptors (Lipinski definition) is 9. The van der Waals surface area contributed by atoms with Gasteiger partial charge >= 0.3 is 0 Å². The van der Waals surface area contributed by atoms with Crippen LogP contribution in [0.25, 0.3) is 5.95 Å². The van der Waals surface area contributed by atoms with E-state index in [1.165, 1.54) is 0 Å². The van der Waals surface area contributed by atoms with E-state index >= 15 is 0 Å². The molecule has 4 heterocycles. The molecule has 0 aromatic carbocycles. The Morgan fingerprint density at radius 1 is 0.933 bits per heavy atom. The summed E-state index contributed by atoms with van der Waals surface area (Å²) in [6.07, 6.45) is 6.68. The molecule has 2 aliphatic rings. The zero-order valence-electron chi connectivity index (χ0n) is 17.2. The third-order valence-electron chi connectivity index (χ3n) is 5.30. The Balaban J connectivity index is 1.54. The van der Waals surface area contributed by atoms with E-state index in [9.17, 15) is 8.42 Å². The zero-order chi connectivity index (χ0) is 21.0. The average molecular weight is 437 g/mol. The van der Waals surface area contributed by atoms with Crippen LogP contribution in [0, 0.1) is 0 Å². The van der Waals surface area contributed by atoms with Gasteiger partial charge in [0.15, 0.2) is 0 Å². The Kier molecular flexibility index (Phi) is 6.44. The van der Waals surface area contributed by atoms with E-state index in [2.05, 4.69) is 19.9 Å². The third kappa shape index (κ3) is 4.71. The summed E-state index contributed by atoms with van der Waals surface area (Å²) in [6.45, 7) is 6.66. The van der Waals surface area contributed by atoms with Gasteiger partial charge in [0.05, 0.1) is 19.0 Å². The van der Waals surface area contributed by atoms with E-state index < -0.39 is 10.0 Å². The highest BCUT2D eigenvalue weighted by Crippen LogP contribution is 2.20. The summed E-state index contributed by atoms with van der Waals surface area (Å²) in [6, 6.07) is 0. The van der Waals surface area contributed by atoms with Gasteiger partial charge in [0.25, 0.3) is 0 Å². The lowest BCUT2D eigenvalue weighted by Crippen LogP contribution is -2.50. The summed E-state index contributed by atoms with van der Waals surface area (Å²) in [5.74, 6) is 1.86. The van der Waals surface area contributed by atoms with Gasteiger partial charge in [0.1, 0.15) is 6.33 Å². The lowest BCUT2D eigenvalue weighted by Gasteiger charge is -2.34. The smallest absolute Gasteiger partial charge is 0.241 e. The van der Waals surface area contributed by atoms with Crippen molar-refractivity contribution >= 4 is 21.9 Å². The predicted molar refractivity (Wildman–Crippen MR) is 112 cm³/mol. The fourth-order valence-electron chi connectivity index (χ4n) is 3.50. The Bertz CT molecular complexity index is 923. The van der Waals surface area contributed by atoms with Gasteiger partial charge in [-0.25, -0.2) is 13.4 Å². The van der Waals surface area contributed by atoms with Crippen LogP contribution in [0.15, 0.2) is 18.7 Å². The molecule has 2 saturated heterocycles. The molecule has 0 atom stereocenters. The Labute approximate surface area is 176 Å². The number of morpholine rings is 1. The van der Waals surface area contributed by atoms with Crippen molar-refractivity contribution in [1.29, 1.82) is 0 Å². The van der Waals surface area contributed by atoms with Gasteiger partial charge in [0, 0.05) is 51.7 Å². The first-order valence-corrected chi connectivity index (χ1v) is 12.0. The lowest BCUT2D eigenvalue weighted by molar-refractivity contribution is 0.122. The fourth-order valence-corrected chi connectivity index (χ4v) is 5.14. The van der Waals surface area contributed by atoms with Crippen LogP contribution in [-0.4, -0.2) is 95.5 Å². The van der Waals surface area contributed by atoms with Crippen molar-refractivity contribution in [2.24, 2.45) is 0 Å². The van der Waals surface area contributed by atoms with Gasteiger partial charge in [-0.15, -0.1) is 0 Å². The van der Waals surface area contributed by atoms with Gasteiger partial charge in [-0.3, -0.25) is 4.57 Å². The number of rotatable bonds is 7. The number of piperazine rings is 1. The topological polar surface area (TPSA) is 110 Å². The number of unbranched alkanes of at least 4 members (excludes halogenated alkanes) is 1. The van der Waals surface area contributed by atoms with E-state index in [1.54, 1.807) is 27.6 Å². The molecule has 2 aromatic heterocycles. The number of ether oxygens (including phenoxy) is 1. The minimum Gasteiger partial charge on any atom is -0.378 e. The fraction of sp³-hybridized carbons (Fsp3) is 0.667. The molecule has 12 heteroatoms. The number of nitrogens with zero attached hydrogens (tertiary/aromatic N) is 8. The monoisotopic (exact) mass is 436 g/mol. The standard InChI is InChI=1S/C18H28N8O3S/c1-2-3-14-30(27,28)26-8-6-23(7-9-26)16-20-17(24-10-12-29-13-11-24)22-18(21-16)25-5-4-19-15-25/h4-5,15H,2-3,6-14H2,1H3. The highest BCUT2D eigenvalue weighted by molar-refractivity contribution is 7.89. The molecule has 11 nitrogen and oxygen atoms in total. The van der Waals surface area contributed by atoms with E-state index in [0.29, 0.717) is 63.7 Å². The summed E-state index contributed by atoms with van der Waals surface area (Å²) in [4.78, 5) is 22.1. The molecule has 2 fully saturated rings. The molecule has 30 heavy (non-hydrogen) atoms. The quantitative estimate of drug-likeness (QED) is 0.599. The maximum Gasteiger partial charge on any atom is 0.241 e. The first-order valence-electron chi connectivity index (χ1n) is 10.4. The summed E-state index contributed by atoms with van der Waals surface area (Å²) < 4.78 is 33.8. The molecule has 0 amide bonds. The first-order chi connectivity index (χ1) is 14.6. The van der Waals surface area contributed by atoms with E-state index in [4.69, 9.17) is 9.72 Å². The second-order valence-electron chi connectivity index (χ2n) is 7.36. The van der Waals surface area contributed by atoms with E-state index in [1.807, 2.05) is 11.8 Å². The third-order valence-corrected chi connectivity index (χ3v) is 7.26. The molecule has 4 rings (SSSR count). The Morgan fingerprint density at radius 2 is 1.57 bits per heavy atom. The van der Waals surface area contributed by atoms with Crippen LogP contribution in [0.1, 0.15) is 19.8 Å². The van der Waals surface area contributed by atoms with Gasteiger partial charge in [-0.05, 0) is 6.42 Å². The van der Waals surface area contributed by atoms with Gasteiger partial charge in [-0.2, -0.15) is 19.3 Å². The molecule has 2 aliphatic heterocycles. The molecule has 0 aliphatic carbocycles. The van der Waals surface area contributed by atoms with Crippen molar-refractivity contribution in [3.8, 4) is 5.95 Å². The summed E-state index contributed by atoms with van der Waals surface area (Å²) in [7, 11) is -3.20. The largest absolute Gasteiger partial charge is 0.378 e. The molecular formula is C18H28N8O3S. The predicted octanol–water partition coefficient (Wildman–Crippen LogP) is 0.146. The maximum absolute atomic E-state index is 12.5. The Morgan fingerprint density at radius 3 is 2.17 bits per heavy atom. The summed E-state index contributed by atoms with van der Waals surface area (Å²) in [5, 5.41) is 0. The number of sulfonamides is 1. The maximum atomic E-state index is 12.5. The van der Waals surface area contributed by atoms with Crippen molar-refractivity contribution < 1.29 is 13.2 Å². The van der Waals surface area contributed by atoms with Crippen LogP contribution in [0.5, 0.6) is 0 Å². The molecule has 2 aromatic rings. The molecule has 0 bridgehead atoms. The second-order valence-corrected chi connectivity index (χ2v) is 9.45. The SMILES string of the molecule is CCCCS(=O)(=O)N1CCN(c2nc(N3CCOCC3)nc(-n3ccnc3)n2)CC1. The summed E-state index contributed by atoms with van der Waals surface area (Å²) >= 11 is 0. The van der Waals surface area contributed by atoms with Crippen LogP contribution in [-0.2, 0) is 14.8 Å². The number of hydrogen-bond donors (Lipinski definition) is 0. The van der Waals surface area contributed by atoms with Crippen LogP contribution in [0.3, 0.4) is 0 Å². The van der Waals surface area contributed by atoms with Crippen LogP contribution in [0.4, 0.5) is 11.9 Å². The number of imidazole rings is 1. The second kappa shape index (κ2) is 9.23. The lowest BCUT2D eigenvalue weighted by atomic mass is 10.4. The van der Waals surface area contributed by atoms with Crippen LogP contribution in [0.2, 0.25) is 0 Å². The van der Waals surface area contributed by atoms with E-state index in [-0.39, 0.29) is 5.75 Å². The van der Waals surface area contributed by atoms with Crippen molar-refractivity contribution in [2.45, 2.75) is 19.8 Å². The van der Waals surface area contributed by atoms with Crippen molar-refractivity contribution in [1.82, 2.24) is 28.8 Å². The molecular weight excluding hydrogens is 408 g/mol. The van der Waals surface area contributed by atoms with Crippen molar-refractivity contribution in [2.75, 3.05) is 68.0 Å². The zero-order valence-corrected chi connectivity index (χ0v) is 18.0. The van der Waals surface area contributed by atoms with Crippen LogP contribution < -0.4 is 9.80 Å². The molecule has 0 unspecified atom stereocenters. The minimum absolute atomic E-state index is 0.210. The molecule has 0 N–H and O–H groups in total. The highest BCUT2D eigenvalue weighted by Gasteiger charge is 2.28. The molecule has 164 valence electrons. The summed E-state index contributed by atoms with van der Waals surface area (Å²) in [5.41, 5.74) is 0. The first kappa shape index (κ1) is 20.9. The van der Waals surface area contributed by atoms with Gasteiger partial charge in [-0.1, -0.05) is 13.3 Å². The van der Waals surface area contributed by atoms with E-state index in [0.717, 1.165) is 19.5 Å². The van der Waals surface area contributed by atoms with Crippen LogP contribution >= 0.6 is 0 Å².